The molecule has 0 aromatic carbocycles. The van der Waals surface area contributed by atoms with Crippen molar-refractivity contribution in [2.24, 2.45) is 0 Å². The smallest absolute Gasteiger partial charge is 0.314 e. The minimum absolute atomic E-state index is 0.350. The van der Waals surface area contributed by atoms with Crippen LogP contribution in [0.3, 0.4) is 0 Å². The van der Waals surface area contributed by atoms with Gasteiger partial charge < -0.3 is 5.11 Å². The minimum Gasteiger partial charge on any atom is -0.481 e. The van der Waals surface area contributed by atoms with Crippen molar-refractivity contribution in [1.82, 2.24) is 14.8 Å². The molecule has 0 saturated carbocycles. The first-order valence-corrected chi connectivity index (χ1v) is 6.34. The molecular weight excluding hydrogens is 218 g/mol. The van der Waals surface area contributed by atoms with Gasteiger partial charge >= 0.3 is 5.97 Å². The molecule has 1 aliphatic heterocycles. The highest BCUT2D eigenvalue weighted by atomic mass is 16.4. The van der Waals surface area contributed by atoms with Crippen LogP contribution in [0.1, 0.15) is 63.0 Å². The molecule has 1 unspecified atom stereocenters. The van der Waals surface area contributed by atoms with Crippen molar-refractivity contribution in [3.05, 3.63) is 11.6 Å². The Morgan fingerprint density at radius 2 is 2.24 bits per heavy atom. The van der Waals surface area contributed by atoms with Crippen LogP contribution in [0.5, 0.6) is 0 Å². The number of carbonyl (C=O) groups is 1. The maximum absolute atomic E-state index is 11.2. The van der Waals surface area contributed by atoms with Gasteiger partial charge in [0.1, 0.15) is 11.7 Å². The monoisotopic (exact) mass is 237 g/mol. The lowest BCUT2D eigenvalue weighted by Gasteiger charge is -2.17. The normalized spacial score (nSPS) is 19.4. The Kier molecular flexibility index (Phi) is 3.45. The molecule has 94 valence electrons. The number of aryl methyl sites for hydroxylation is 1. The Balaban J connectivity index is 2.33. The fourth-order valence-electron chi connectivity index (χ4n) is 2.43. The highest BCUT2D eigenvalue weighted by molar-refractivity contribution is 5.75. The van der Waals surface area contributed by atoms with Crippen LogP contribution in [-0.2, 0) is 11.3 Å². The van der Waals surface area contributed by atoms with Gasteiger partial charge in [-0.1, -0.05) is 13.8 Å². The summed E-state index contributed by atoms with van der Waals surface area (Å²) in [5, 5.41) is 13.6. The molecule has 1 aliphatic rings. The summed E-state index contributed by atoms with van der Waals surface area (Å²) in [5.41, 5.74) is 0. The third-order valence-corrected chi connectivity index (χ3v) is 3.54. The van der Waals surface area contributed by atoms with Gasteiger partial charge in [0.2, 0.25) is 0 Å². The maximum atomic E-state index is 11.2. The zero-order valence-corrected chi connectivity index (χ0v) is 10.4. The topological polar surface area (TPSA) is 68.0 Å². The summed E-state index contributed by atoms with van der Waals surface area (Å²) in [6.45, 7) is 5.03. The molecule has 0 fully saturated rings. The van der Waals surface area contributed by atoms with Crippen LogP contribution in [-0.4, -0.2) is 25.8 Å². The number of carboxylic acids is 1. The lowest BCUT2D eigenvalue weighted by molar-refractivity contribution is -0.139. The van der Waals surface area contributed by atoms with E-state index in [0.29, 0.717) is 18.2 Å². The number of rotatable bonds is 4. The summed E-state index contributed by atoms with van der Waals surface area (Å²) < 4.78 is 1.79. The molecule has 0 aliphatic carbocycles. The molecule has 5 nitrogen and oxygen atoms in total. The Hall–Kier alpha value is -1.39. The third kappa shape index (κ3) is 2.18. The van der Waals surface area contributed by atoms with E-state index in [1.165, 1.54) is 0 Å². The molecule has 17 heavy (non-hydrogen) atoms. The average Bonchev–Trinajstić information content (AvgIpc) is 2.73. The molecule has 0 radical (unpaired) electrons. The van der Waals surface area contributed by atoms with Crippen molar-refractivity contribution < 1.29 is 9.90 Å². The second-order valence-corrected chi connectivity index (χ2v) is 4.60. The number of fused-ring (bicyclic) bond motifs is 1. The van der Waals surface area contributed by atoms with Crippen molar-refractivity contribution in [1.29, 1.82) is 0 Å². The summed E-state index contributed by atoms with van der Waals surface area (Å²) in [4.78, 5) is 15.6. The number of aromatic nitrogens is 3. The molecule has 1 atom stereocenters. The summed E-state index contributed by atoms with van der Waals surface area (Å²) in [7, 11) is 0. The van der Waals surface area contributed by atoms with Crippen molar-refractivity contribution in [3.63, 3.8) is 0 Å². The standard InChI is InChI=1S/C12H19N3O2/c1-3-8(4-2)10-13-11-9(12(16)17)6-5-7-15(11)14-10/h8-9H,3-7H2,1-2H3,(H,16,17). The second kappa shape index (κ2) is 4.85. The van der Waals surface area contributed by atoms with Crippen LogP contribution >= 0.6 is 0 Å². The summed E-state index contributed by atoms with van der Waals surface area (Å²) >= 11 is 0. The number of hydrogen-bond acceptors (Lipinski definition) is 3. The predicted molar refractivity (Wildman–Crippen MR) is 63.0 cm³/mol. The largest absolute Gasteiger partial charge is 0.481 e. The SMILES string of the molecule is CCC(CC)c1nc2n(n1)CCCC2C(=O)O. The number of aliphatic carboxylic acids is 1. The van der Waals surface area contributed by atoms with E-state index >= 15 is 0 Å². The van der Waals surface area contributed by atoms with Crippen molar-refractivity contribution in [2.45, 2.75) is 57.9 Å². The Bertz CT molecular complexity index is 410. The molecule has 2 heterocycles. The molecule has 5 heteroatoms. The fourth-order valence-corrected chi connectivity index (χ4v) is 2.43. The molecular formula is C12H19N3O2. The first-order valence-electron chi connectivity index (χ1n) is 6.34. The Morgan fingerprint density at radius 1 is 1.53 bits per heavy atom. The lowest BCUT2D eigenvalue weighted by atomic mass is 9.99. The molecule has 0 saturated heterocycles. The minimum atomic E-state index is -0.783. The van der Waals surface area contributed by atoms with Gasteiger partial charge in [-0.05, 0) is 25.7 Å². The van der Waals surface area contributed by atoms with Crippen LogP contribution in [0.2, 0.25) is 0 Å². The van der Waals surface area contributed by atoms with E-state index in [-0.39, 0.29) is 0 Å². The predicted octanol–water partition coefficient (Wildman–Crippen LogP) is 2.14. The number of carboxylic acid groups (broad SMARTS) is 1. The Morgan fingerprint density at radius 3 is 2.82 bits per heavy atom. The van der Waals surface area contributed by atoms with Crippen molar-refractivity contribution >= 4 is 5.97 Å². The fraction of sp³-hybridized carbons (Fsp3) is 0.750. The second-order valence-electron chi connectivity index (χ2n) is 4.60. The van der Waals surface area contributed by atoms with Gasteiger partial charge in [-0.2, -0.15) is 5.10 Å². The highest BCUT2D eigenvalue weighted by Crippen LogP contribution is 2.28. The highest BCUT2D eigenvalue weighted by Gasteiger charge is 2.30. The molecule has 0 amide bonds. The van der Waals surface area contributed by atoms with Gasteiger partial charge in [0.15, 0.2) is 5.82 Å². The van der Waals surface area contributed by atoms with Gasteiger partial charge in [-0.15, -0.1) is 0 Å². The lowest BCUT2D eigenvalue weighted by Crippen LogP contribution is -2.22. The van der Waals surface area contributed by atoms with E-state index in [2.05, 4.69) is 23.9 Å². The quantitative estimate of drug-likeness (QED) is 0.871. The summed E-state index contributed by atoms with van der Waals surface area (Å²) in [6, 6.07) is 0. The molecule has 2 rings (SSSR count). The Labute approximate surface area is 101 Å². The molecule has 1 aromatic heterocycles. The van der Waals surface area contributed by atoms with E-state index in [4.69, 9.17) is 5.11 Å². The zero-order chi connectivity index (χ0) is 12.4. The molecule has 0 bridgehead atoms. The van der Waals surface area contributed by atoms with Gasteiger partial charge in [0.05, 0.1) is 0 Å². The van der Waals surface area contributed by atoms with E-state index in [1.54, 1.807) is 4.68 Å². The van der Waals surface area contributed by atoms with Gasteiger partial charge in [-0.25, -0.2) is 9.67 Å². The zero-order valence-electron chi connectivity index (χ0n) is 10.4. The van der Waals surface area contributed by atoms with Crippen molar-refractivity contribution in [3.8, 4) is 0 Å². The van der Waals surface area contributed by atoms with Crippen LogP contribution in [0.15, 0.2) is 0 Å². The van der Waals surface area contributed by atoms with E-state index in [9.17, 15) is 4.79 Å². The summed E-state index contributed by atoms with van der Waals surface area (Å²) in [6.07, 6.45) is 3.54. The first kappa shape index (κ1) is 12.1. The summed E-state index contributed by atoms with van der Waals surface area (Å²) in [5.74, 6) is 0.556. The van der Waals surface area contributed by atoms with Crippen LogP contribution in [0.25, 0.3) is 0 Å². The molecule has 1 aromatic rings. The van der Waals surface area contributed by atoms with Gasteiger partial charge in [-0.3, -0.25) is 4.79 Å². The molecule has 1 N–H and O–H groups in total. The van der Waals surface area contributed by atoms with Crippen LogP contribution < -0.4 is 0 Å². The van der Waals surface area contributed by atoms with E-state index in [1.807, 2.05) is 0 Å². The molecule has 0 spiro atoms. The van der Waals surface area contributed by atoms with Gasteiger partial charge in [0, 0.05) is 12.5 Å². The number of nitrogens with zero attached hydrogens (tertiary/aromatic N) is 3. The number of hydrogen-bond donors (Lipinski definition) is 1. The van der Waals surface area contributed by atoms with E-state index < -0.39 is 11.9 Å². The third-order valence-electron chi connectivity index (χ3n) is 3.54. The maximum Gasteiger partial charge on any atom is 0.314 e. The van der Waals surface area contributed by atoms with Gasteiger partial charge in [0.25, 0.3) is 0 Å². The van der Waals surface area contributed by atoms with Crippen LogP contribution in [0.4, 0.5) is 0 Å². The average molecular weight is 237 g/mol. The van der Waals surface area contributed by atoms with Crippen LogP contribution in [0, 0.1) is 0 Å². The van der Waals surface area contributed by atoms with Crippen molar-refractivity contribution in [2.75, 3.05) is 0 Å². The van der Waals surface area contributed by atoms with E-state index in [0.717, 1.165) is 31.6 Å². The first-order chi connectivity index (χ1) is 8.17.